The Kier molecular flexibility index (Phi) is 7.33. The number of hydrogen-bond donors (Lipinski definition) is 1. The molecule has 142 valence electrons. The predicted molar refractivity (Wildman–Crippen MR) is 98.0 cm³/mol. The van der Waals surface area contributed by atoms with E-state index in [4.69, 9.17) is 14.2 Å². The molecule has 1 N–H and O–H groups in total. The number of benzene rings is 2. The number of rotatable bonds is 7. The molecular weight excluding hydrogens is 352 g/mol. The van der Waals surface area contributed by atoms with Gasteiger partial charge in [-0.15, -0.1) is 0 Å². The molecule has 0 saturated carbocycles. The topological polar surface area (TPSA) is 95.5 Å². The summed E-state index contributed by atoms with van der Waals surface area (Å²) in [4.78, 5) is 23.5. The standard InChI is InChI=1S/C19H20N2O6/c1-24-16-11-13(9-10-15(16)27-19(23)26-3)12-20-21-18(22)17(25-2)14-7-5-4-6-8-14/h4-12,17H,1-3H3,(H,21,22)/b20-12-/t17-/m0/s1. The monoisotopic (exact) mass is 372 g/mol. The minimum Gasteiger partial charge on any atom is -0.493 e. The molecule has 1 atom stereocenters. The Bertz CT molecular complexity index is 807. The lowest BCUT2D eigenvalue weighted by molar-refractivity contribution is -0.131. The second-order valence-corrected chi connectivity index (χ2v) is 5.23. The molecule has 2 rings (SSSR count). The van der Waals surface area contributed by atoms with Crippen LogP contribution in [0.2, 0.25) is 0 Å². The summed E-state index contributed by atoms with van der Waals surface area (Å²) in [7, 11) is 4.10. The van der Waals surface area contributed by atoms with Crippen LogP contribution in [0.5, 0.6) is 11.5 Å². The third-order valence-corrected chi connectivity index (χ3v) is 3.51. The number of carbonyl (C=O) groups is 2. The number of nitrogens with zero attached hydrogens (tertiary/aromatic N) is 1. The van der Waals surface area contributed by atoms with Gasteiger partial charge in [0.05, 0.1) is 20.4 Å². The zero-order valence-electron chi connectivity index (χ0n) is 15.2. The van der Waals surface area contributed by atoms with Crippen LogP contribution in [-0.2, 0) is 14.3 Å². The molecule has 0 aromatic heterocycles. The van der Waals surface area contributed by atoms with E-state index in [-0.39, 0.29) is 5.75 Å². The molecule has 2 aromatic rings. The molecule has 0 fully saturated rings. The van der Waals surface area contributed by atoms with E-state index in [1.54, 1.807) is 24.3 Å². The van der Waals surface area contributed by atoms with Gasteiger partial charge in [-0.1, -0.05) is 30.3 Å². The van der Waals surface area contributed by atoms with E-state index in [2.05, 4.69) is 15.3 Å². The third-order valence-electron chi connectivity index (χ3n) is 3.51. The summed E-state index contributed by atoms with van der Waals surface area (Å²) in [5, 5.41) is 3.93. The van der Waals surface area contributed by atoms with Gasteiger partial charge in [0.15, 0.2) is 17.6 Å². The van der Waals surface area contributed by atoms with Crippen LogP contribution in [0.25, 0.3) is 0 Å². The first-order chi connectivity index (χ1) is 13.1. The van der Waals surface area contributed by atoms with E-state index in [1.807, 2.05) is 18.2 Å². The average Bonchev–Trinajstić information content (AvgIpc) is 2.70. The van der Waals surface area contributed by atoms with E-state index in [9.17, 15) is 9.59 Å². The number of carbonyl (C=O) groups excluding carboxylic acids is 2. The van der Waals surface area contributed by atoms with Crippen molar-refractivity contribution in [3.63, 3.8) is 0 Å². The number of hydrogen-bond acceptors (Lipinski definition) is 7. The Morgan fingerprint density at radius 1 is 1.04 bits per heavy atom. The van der Waals surface area contributed by atoms with E-state index in [1.165, 1.54) is 33.6 Å². The number of methoxy groups -OCH3 is 3. The third kappa shape index (κ3) is 5.55. The summed E-state index contributed by atoms with van der Waals surface area (Å²) in [5.74, 6) is 0.112. The molecule has 0 aliphatic rings. The van der Waals surface area contributed by atoms with Crippen molar-refractivity contribution >= 4 is 18.3 Å². The molecule has 0 aliphatic heterocycles. The van der Waals surface area contributed by atoms with Gasteiger partial charge in [0.1, 0.15) is 0 Å². The minimum atomic E-state index is -0.853. The molecule has 0 heterocycles. The lowest BCUT2D eigenvalue weighted by Gasteiger charge is -2.13. The van der Waals surface area contributed by atoms with E-state index in [0.29, 0.717) is 11.3 Å². The Labute approximate surface area is 156 Å². The lowest BCUT2D eigenvalue weighted by atomic mass is 10.1. The number of nitrogens with one attached hydrogen (secondary N) is 1. The predicted octanol–water partition coefficient (Wildman–Crippen LogP) is 2.68. The van der Waals surface area contributed by atoms with Gasteiger partial charge >= 0.3 is 6.16 Å². The first-order valence-electron chi connectivity index (χ1n) is 7.93. The molecule has 2 aromatic carbocycles. The number of ether oxygens (including phenoxy) is 4. The fourth-order valence-electron chi connectivity index (χ4n) is 2.23. The maximum absolute atomic E-state index is 12.3. The van der Waals surface area contributed by atoms with Crippen LogP contribution in [0.15, 0.2) is 53.6 Å². The molecular formula is C19H20N2O6. The smallest absolute Gasteiger partial charge is 0.493 e. The first-order valence-corrected chi connectivity index (χ1v) is 7.93. The van der Waals surface area contributed by atoms with Crippen molar-refractivity contribution in [2.24, 2.45) is 5.10 Å². The Hall–Kier alpha value is -3.39. The summed E-state index contributed by atoms with van der Waals surface area (Å²) < 4.78 is 19.8. The molecule has 0 saturated heterocycles. The Balaban J connectivity index is 2.04. The van der Waals surface area contributed by atoms with Crippen LogP contribution < -0.4 is 14.9 Å². The van der Waals surface area contributed by atoms with E-state index >= 15 is 0 Å². The highest BCUT2D eigenvalue weighted by molar-refractivity contribution is 5.85. The highest BCUT2D eigenvalue weighted by Crippen LogP contribution is 2.27. The van der Waals surface area contributed by atoms with Gasteiger partial charge in [-0.3, -0.25) is 4.79 Å². The van der Waals surface area contributed by atoms with Crippen LogP contribution in [0.3, 0.4) is 0 Å². The number of hydrazone groups is 1. The minimum absolute atomic E-state index is 0.203. The first kappa shape index (κ1) is 19.9. The zero-order chi connectivity index (χ0) is 19.6. The second kappa shape index (κ2) is 9.93. The molecule has 0 aliphatic carbocycles. The molecule has 8 heteroatoms. The van der Waals surface area contributed by atoms with Gasteiger partial charge in [0, 0.05) is 7.11 Å². The molecule has 0 bridgehead atoms. The van der Waals surface area contributed by atoms with Crippen molar-refractivity contribution < 1.29 is 28.5 Å². The lowest BCUT2D eigenvalue weighted by Crippen LogP contribution is -2.26. The molecule has 1 amide bonds. The average molecular weight is 372 g/mol. The maximum Gasteiger partial charge on any atom is 0.513 e. The number of amides is 1. The van der Waals surface area contributed by atoms with Crippen molar-refractivity contribution in [2.45, 2.75) is 6.10 Å². The van der Waals surface area contributed by atoms with Gasteiger partial charge in [-0.25, -0.2) is 10.2 Å². The van der Waals surface area contributed by atoms with Gasteiger partial charge in [0.2, 0.25) is 0 Å². The summed E-state index contributed by atoms with van der Waals surface area (Å²) in [6.45, 7) is 0. The normalized spacial score (nSPS) is 11.7. The maximum atomic E-state index is 12.3. The van der Waals surface area contributed by atoms with Crippen molar-refractivity contribution in [3.05, 3.63) is 59.7 Å². The summed E-state index contributed by atoms with van der Waals surface area (Å²) in [6.07, 6.45) is -0.192. The van der Waals surface area contributed by atoms with Gasteiger partial charge < -0.3 is 18.9 Å². The van der Waals surface area contributed by atoms with Crippen molar-refractivity contribution in [1.82, 2.24) is 5.43 Å². The summed E-state index contributed by atoms with van der Waals surface area (Å²) in [5.41, 5.74) is 3.78. The van der Waals surface area contributed by atoms with Crippen LogP contribution in [-0.4, -0.2) is 39.6 Å². The molecule has 27 heavy (non-hydrogen) atoms. The molecule has 0 unspecified atom stereocenters. The molecule has 0 spiro atoms. The molecule has 8 nitrogen and oxygen atoms in total. The van der Waals surface area contributed by atoms with E-state index < -0.39 is 18.2 Å². The van der Waals surface area contributed by atoms with Crippen molar-refractivity contribution in [1.29, 1.82) is 0 Å². The Morgan fingerprint density at radius 2 is 1.78 bits per heavy atom. The van der Waals surface area contributed by atoms with Crippen molar-refractivity contribution in [3.8, 4) is 11.5 Å². The van der Waals surface area contributed by atoms with Crippen molar-refractivity contribution in [2.75, 3.05) is 21.3 Å². The summed E-state index contributed by atoms with van der Waals surface area (Å²) >= 11 is 0. The SMILES string of the molecule is COC(=O)Oc1ccc(/C=N\NC(=O)[C@@H](OC)c2ccccc2)cc1OC. The Morgan fingerprint density at radius 3 is 2.41 bits per heavy atom. The summed E-state index contributed by atoms with van der Waals surface area (Å²) in [6, 6.07) is 13.9. The van der Waals surface area contributed by atoms with E-state index in [0.717, 1.165) is 5.56 Å². The highest BCUT2D eigenvalue weighted by Gasteiger charge is 2.19. The zero-order valence-corrected chi connectivity index (χ0v) is 15.2. The van der Waals surface area contributed by atoms with Gasteiger partial charge in [-0.05, 0) is 29.3 Å². The second-order valence-electron chi connectivity index (χ2n) is 5.23. The quantitative estimate of drug-likeness (QED) is 0.347. The largest absolute Gasteiger partial charge is 0.513 e. The van der Waals surface area contributed by atoms with Gasteiger partial charge in [0.25, 0.3) is 5.91 Å². The fraction of sp³-hybridized carbons (Fsp3) is 0.211. The van der Waals surface area contributed by atoms with Crippen LogP contribution in [0, 0.1) is 0 Å². The fourth-order valence-corrected chi connectivity index (χ4v) is 2.23. The van der Waals surface area contributed by atoms with Crippen LogP contribution in [0.1, 0.15) is 17.2 Å². The highest BCUT2D eigenvalue weighted by atomic mass is 16.7. The van der Waals surface area contributed by atoms with Crippen LogP contribution >= 0.6 is 0 Å². The van der Waals surface area contributed by atoms with Crippen LogP contribution in [0.4, 0.5) is 4.79 Å². The molecule has 0 radical (unpaired) electrons. The van der Waals surface area contributed by atoms with Gasteiger partial charge in [-0.2, -0.15) is 5.10 Å².